The van der Waals surface area contributed by atoms with Gasteiger partial charge in [-0.2, -0.15) is 0 Å². The van der Waals surface area contributed by atoms with Crippen LogP contribution in [0.2, 0.25) is 0 Å². The number of nitrogens with two attached hydrogens (primary N) is 2. The number of hydrogen-bond acceptors (Lipinski definition) is 14. The SMILES string of the molecule is CC(C)C[C@H](NC(=O)[C@H](Cc1c[nH]c2ccccc12)NC(=O)[C@H](Cc1ccc(O)cc1)NC(=O)[C@H](Cc1ccccc1)NC(=O)[C@H](C)NC(=O)[C@@H](N)CCCCN)C(=O)N1CCC[C@H]1C(=O)N[C@@H](Cc1c[nH]c2ccccc12)C(=O)N[C@@H](Cc1ccccc1)C(=O)N[C@@H](CC(=O)O)C(=O)O. The number of H-pyrrole nitrogens is 2. The number of carbonyl (C=O) groups excluding carboxylic acids is 9. The Morgan fingerprint density at radius 1 is 0.500 bits per heavy atom. The van der Waals surface area contributed by atoms with E-state index in [4.69, 9.17) is 11.5 Å². The number of nitrogens with zero attached hydrogens (tertiary/aromatic N) is 1. The number of aromatic amines is 2. The van der Waals surface area contributed by atoms with Crippen LogP contribution in [-0.4, -0.2) is 169 Å². The van der Waals surface area contributed by atoms with Crippen molar-refractivity contribution < 1.29 is 68.1 Å². The van der Waals surface area contributed by atoms with Crippen molar-refractivity contribution in [3.8, 4) is 5.75 Å². The fourth-order valence-electron chi connectivity index (χ4n) is 12.2. The lowest BCUT2D eigenvalue weighted by atomic mass is 9.99. The molecule has 7 aromatic rings. The zero-order valence-electron chi connectivity index (χ0n) is 56.0. The Morgan fingerprint density at radius 2 is 0.930 bits per heavy atom. The van der Waals surface area contributed by atoms with Gasteiger partial charge < -0.3 is 84.2 Å². The highest BCUT2D eigenvalue weighted by Gasteiger charge is 2.41. The molecular weight excluding hydrogens is 1280 g/mol. The van der Waals surface area contributed by atoms with Crippen LogP contribution in [0.25, 0.3) is 21.8 Å². The first kappa shape index (κ1) is 74.9. The molecule has 27 nitrogen and oxygen atoms in total. The van der Waals surface area contributed by atoms with Gasteiger partial charge >= 0.3 is 11.9 Å². The van der Waals surface area contributed by atoms with Crippen molar-refractivity contribution >= 4 is 86.9 Å². The monoisotopic (exact) mass is 1370 g/mol. The summed E-state index contributed by atoms with van der Waals surface area (Å²) in [5.41, 5.74) is 16.1. The number of hydrogen-bond donors (Lipinski definition) is 15. The zero-order valence-corrected chi connectivity index (χ0v) is 56.0. The van der Waals surface area contributed by atoms with Crippen LogP contribution < -0.4 is 54.0 Å². The molecule has 0 unspecified atom stereocenters. The Kier molecular flexibility index (Phi) is 27.0. The average Bonchev–Trinajstić information content (AvgIpc) is 1.65. The van der Waals surface area contributed by atoms with E-state index in [-0.39, 0.29) is 63.2 Å². The summed E-state index contributed by atoms with van der Waals surface area (Å²) in [5, 5.41) is 52.8. The lowest BCUT2D eigenvalue weighted by molar-refractivity contribution is -0.147. The Bertz CT molecular complexity index is 4000. The summed E-state index contributed by atoms with van der Waals surface area (Å²) in [4.78, 5) is 163. The van der Waals surface area contributed by atoms with E-state index in [0.717, 1.165) is 16.4 Å². The van der Waals surface area contributed by atoms with Crippen LogP contribution in [0.3, 0.4) is 0 Å². The number of carboxylic acids is 2. The molecule has 2 aromatic heterocycles. The number of carbonyl (C=O) groups is 11. The highest BCUT2D eigenvalue weighted by molar-refractivity contribution is 6.00. The molecule has 1 aliphatic rings. The van der Waals surface area contributed by atoms with Gasteiger partial charge in [-0.05, 0) is 104 Å². The number of likely N-dealkylation sites (tertiary alicyclic amines) is 1. The van der Waals surface area contributed by atoms with E-state index in [9.17, 15) is 53.7 Å². The summed E-state index contributed by atoms with van der Waals surface area (Å²) >= 11 is 0. The second kappa shape index (κ2) is 36.1. The van der Waals surface area contributed by atoms with Gasteiger partial charge in [0, 0.05) is 72.8 Å². The first-order chi connectivity index (χ1) is 47.9. The number of phenols is 1. The van der Waals surface area contributed by atoms with E-state index in [0.29, 0.717) is 65.4 Å². The van der Waals surface area contributed by atoms with Gasteiger partial charge in [-0.3, -0.25) is 47.9 Å². The van der Waals surface area contributed by atoms with Gasteiger partial charge in [0.15, 0.2) is 0 Å². The number of phenolic OH excluding ortho intramolecular Hbond substituents is 1. The normalized spacial score (nSPS) is 15.5. The highest BCUT2D eigenvalue weighted by atomic mass is 16.4. The summed E-state index contributed by atoms with van der Waals surface area (Å²) < 4.78 is 0. The van der Waals surface area contributed by atoms with Gasteiger partial charge in [0.25, 0.3) is 0 Å². The third-order valence-corrected chi connectivity index (χ3v) is 17.5. The molecule has 17 N–H and O–H groups in total. The van der Waals surface area contributed by atoms with Gasteiger partial charge in [0.05, 0.1) is 12.5 Å². The number of aromatic hydroxyl groups is 1. The molecule has 9 amide bonds. The Balaban J connectivity index is 1.06. The minimum absolute atomic E-state index is 0.0484. The van der Waals surface area contributed by atoms with Crippen LogP contribution in [0, 0.1) is 5.92 Å². The maximum Gasteiger partial charge on any atom is 0.326 e. The highest BCUT2D eigenvalue weighted by Crippen LogP contribution is 2.25. The number of rotatable bonds is 36. The molecule has 0 spiro atoms. The van der Waals surface area contributed by atoms with Gasteiger partial charge in [-0.25, -0.2) is 4.79 Å². The number of carboxylic acid groups (broad SMARTS) is 2. The minimum Gasteiger partial charge on any atom is -0.508 e. The van der Waals surface area contributed by atoms with Crippen molar-refractivity contribution in [1.82, 2.24) is 57.4 Å². The number of aliphatic carboxylic acids is 2. The molecule has 5 aromatic carbocycles. The van der Waals surface area contributed by atoms with Crippen molar-refractivity contribution in [2.45, 2.75) is 158 Å². The molecule has 530 valence electrons. The molecule has 1 saturated heterocycles. The fraction of sp³-hybridized carbons (Fsp3) is 0.384. The summed E-state index contributed by atoms with van der Waals surface area (Å²) in [6.45, 7) is 5.58. The molecule has 3 heterocycles. The number of unbranched alkanes of at least 4 members (excludes halogenated alkanes) is 1. The maximum absolute atomic E-state index is 15.3. The molecule has 1 fully saturated rings. The first-order valence-electron chi connectivity index (χ1n) is 33.5. The first-order valence-corrected chi connectivity index (χ1v) is 33.5. The Morgan fingerprint density at radius 3 is 1.40 bits per heavy atom. The molecule has 8 rings (SSSR count). The van der Waals surface area contributed by atoms with Gasteiger partial charge in [0.2, 0.25) is 53.2 Å². The van der Waals surface area contributed by atoms with Crippen LogP contribution in [0.5, 0.6) is 5.75 Å². The van der Waals surface area contributed by atoms with Gasteiger partial charge in [-0.15, -0.1) is 0 Å². The number of amides is 9. The van der Waals surface area contributed by atoms with Crippen molar-refractivity contribution in [2.24, 2.45) is 17.4 Å². The largest absolute Gasteiger partial charge is 0.508 e. The third kappa shape index (κ3) is 21.3. The third-order valence-electron chi connectivity index (χ3n) is 17.5. The number of fused-ring (bicyclic) bond motifs is 2. The molecular formula is C73H89N13O14. The summed E-state index contributed by atoms with van der Waals surface area (Å²) in [5.74, 6) is -10.5. The predicted molar refractivity (Wildman–Crippen MR) is 372 cm³/mol. The van der Waals surface area contributed by atoms with Crippen molar-refractivity contribution in [3.05, 3.63) is 174 Å². The fourth-order valence-corrected chi connectivity index (χ4v) is 12.2. The zero-order chi connectivity index (χ0) is 72.0. The van der Waals surface area contributed by atoms with Crippen molar-refractivity contribution in [3.63, 3.8) is 0 Å². The summed E-state index contributed by atoms with van der Waals surface area (Å²) in [7, 11) is 0. The summed E-state index contributed by atoms with van der Waals surface area (Å²) in [6.07, 6.45) is 3.75. The molecule has 0 saturated carbocycles. The standard InChI is InChI=1S/C73H89N13O14/c1-42(2)33-60(72(98)86-32-16-26-62(86)71(97)83-59(38-48-41-77-54-25-13-11-22-51(48)54)69(95)81-56(35-45-19-8-5-9-20-45)68(94)85-61(73(99)100)39-63(88)89)84-70(96)58(37-47-40-76-53-24-12-10-21-50(47)53)82-67(93)57(36-46-27-29-49(87)30-28-46)80-66(92)55(34-44-17-6-4-7-18-44)79-64(90)43(3)78-65(91)52(75)23-14-15-31-74/h4-13,17-22,24-25,27-30,40-43,52,55-62,76-77,87H,14-16,23,26,31-39,74-75H2,1-3H3,(H,78,91)(H,79,90)(H,80,92)(H,81,95)(H,82,93)(H,83,97)(H,84,96)(H,85,94)(H,88,89)(H,99,100)/t43-,52-,55-,56-,57-,58-,59-,60-,61-,62-/m0/s1. The predicted octanol–water partition coefficient (Wildman–Crippen LogP) is 2.82. The van der Waals surface area contributed by atoms with E-state index in [1.165, 1.54) is 24.0 Å². The number of nitrogens with one attached hydrogen (secondary N) is 10. The van der Waals surface area contributed by atoms with Crippen molar-refractivity contribution in [2.75, 3.05) is 13.1 Å². The Labute approximate surface area is 578 Å². The van der Waals surface area contributed by atoms with Gasteiger partial charge in [0.1, 0.15) is 60.1 Å². The number of para-hydroxylation sites is 2. The van der Waals surface area contributed by atoms with E-state index in [2.05, 4.69) is 52.5 Å². The quantitative estimate of drug-likeness (QED) is 0.0251. The Hall–Kier alpha value is -10.9. The lowest BCUT2D eigenvalue weighted by Crippen LogP contribution is -2.61. The van der Waals surface area contributed by atoms with Crippen LogP contribution in [-0.2, 0) is 84.8 Å². The van der Waals surface area contributed by atoms with Crippen LogP contribution in [0.4, 0.5) is 0 Å². The van der Waals surface area contributed by atoms with E-state index in [1.807, 2.05) is 50.2 Å². The van der Waals surface area contributed by atoms with Crippen LogP contribution in [0.1, 0.15) is 93.5 Å². The average molecular weight is 1370 g/mol. The van der Waals surface area contributed by atoms with Crippen LogP contribution >= 0.6 is 0 Å². The lowest BCUT2D eigenvalue weighted by Gasteiger charge is -2.32. The maximum atomic E-state index is 15.3. The molecule has 100 heavy (non-hydrogen) atoms. The molecule has 0 radical (unpaired) electrons. The van der Waals surface area contributed by atoms with E-state index in [1.54, 1.807) is 97.3 Å². The molecule has 0 aliphatic carbocycles. The second-order valence-electron chi connectivity index (χ2n) is 25.7. The smallest absolute Gasteiger partial charge is 0.326 e. The van der Waals surface area contributed by atoms with Gasteiger partial charge in [-0.1, -0.05) is 129 Å². The second-order valence-corrected chi connectivity index (χ2v) is 25.7. The molecule has 1 aliphatic heterocycles. The van der Waals surface area contributed by atoms with Crippen molar-refractivity contribution in [1.29, 1.82) is 0 Å². The number of benzene rings is 5. The van der Waals surface area contributed by atoms with Crippen LogP contribution in [0.15, 0.2) is 146 Å². The minimum atomic E-state index is -1.86. The van der Waals surface area contributed by atoms with E-state index >= 15 is 14.4 Å². The summed E-state index contributed by atoms with van der Waals surface area (Å²) in [6, 6.07) is 24.1. The van der Waals surface area contributed by atoms with E-state index < -0.39 is 132 Å². The molecule has 0 bridgehead atoms. The molecule has 27 heteroatoms. The number of aromatic nitrogens is 2. The molecule has 10 atom stereocenters. The topological polar surface area (TPSA) is 432 Å².